The Kier molecular flexibility index (Phi) is 18.2. The fraction of sp³-hybridized carbons (Fsp3) is 0.373. The molecule has 3 amide bonds. The number of ether oxygens (including phenoxy) is 1. The molecule has 0 unspecified atom stereocenters. The normalized spacial score (nSPS) is 14.2. The molecule has 1 fully saturated rings. The van der Waals surface area contributed by atoms with Gasteiger partial charge in [-0.05, 0) is 105 Å². The third kappa shape index (κ3) is 13.2. The summed E-state index contributed by atoms with van der Waals surface area (Å²) in [4.78, 5) is 66.0. The van der Waals surface area contributed by atoms with Crippen molar-refractivity contribution in [1.29, 1.82) is 0 Å². The molecule has 5 aromatic rings. The molecule has 17 nitrogen and oxygen atoms in total. The van der Waals surface area contributed by atoms with E-state index in [1.54, 1.807) is 55.7 Å². The van der Waals surface area contributed by atoms with E-state index in [0.29, 0.717) is 88.5 Å². The van der Waals surface area contributed by atoms with Crippen molar-refractivity contribution in [3.05, 3.63) is 117 Å². The van der Waals surface area contributed by atoms with Gasteiger partial charge in [0.15, 0.2) is 5.82 Å². The lowest BCUT2D eigenvalue weighted by molar-refractivity contribution is -0.141. The van der Waals surface area contributed by atoms with Crippen LogP contribution in [0.5, 0.6) is 11.5 Å². The van der Waals surface area contributed by atoms with Crippen LogP contribution < -0.4 is 20.9 Å². The standard InChI is InChI=1S/C51H58Cl2N10O7S2/c1-7-54-51(69)49-60-59-48(39-21-37(29(2)3)42(64)23-43(39)65)63(49)36-13-14-45(56-24-36)61(6)35-15-17-62(18-16-35)46(66)27-71-72-28-47(67)70-26-41(32-9-8-10-34(52)20-32)58-50(68)33-12-11-31(19-33)38-22-44(57-30(4)5)55-25-40(38)53/h8-11,13-14,19-25,29-30,35,41,64-65H,7,12,15-18,26-28H2,1-6H3,(H,54,69)(H,55,57)(H,58,68)/t41-/m1/s1. The van der Waals surface area contributed by atoms with E-state index < -0.39 is 17.9 Å². The Morgan fingerprint density at radius 3 is 2.36 bits per heavy atom. The van der Waals surface area contributed by atoms with Crippen molar-refractivity contribution in [3.8, 4) is 28.6 Å². The van der Waals surface area contributed by atoms with Gasteiger partial charge in [-0.2, -0.15) is 0 Å². The summed E-state index contributed by atoms with van der Waals surface area (Å²) < 4.78 is 7.19. The van der Waals surface area contributed by atoms with Crippen molar-refractivity contribution in [2.45, 2.75) is 77.9 Å². The van der Waals surface area contributed by atoms with Gasteiger partial charge in [-0.1, -0.05) is 76.8 Å². The first kappa shape index (κ1) is 53.5. The van der Waals surface area contributed by atoms with Crippen LogP contribution in [0.25, 0.3) is 22.6 Å². The van der Waals surface area contributed by atoms with E-state index in [0.717, 1.165) is 11.1 Å². The smallest absolute Gasteiger partial charge is 0.316 e. The number of benzene rings is 2. The molecule has 1 saturated heterocycles. The van der Waals surface area contributed by atoms with Crippen molar-refractivity contribution in [2.24, 2.45) is 0 Å². The predicted molar refractivity (Wildman–Crippen MR) is 285 cm³/mol. The average molecular weight is 1060 g/mol. The Labute approximate surface area is 436 Å². The minimum Gasteiger partial charge on any atom is -0.508 e. The zero-order valence-corrected chi connectivity index (χ0v) is 44.0. The summed E-state index contributed by atoms with van der Waals surface area (Å²) in [5.41, 5.74) is 4.16. The van der Waals surface area contributed by atoms with E-state index in [1.165, 1.54) is 32.2 Å². The Hall–Kier alpha value is -6.28. The number of nitrogens with zero attached hydrogens (tertiary/aromatic N) is 7. The molecule has 2 aliphatic rings. The number of carbonyl (C=O) groups excluding carboxylic acids is 4. The molecule has 0 spiro atoms. The molecule has 0 bridgehead atoms. The number of rotatable bonds is 20. The van der Waals surface area contributed by atoms with E-state index in [1.807, 2.05) is 63.9 Å². The SMILES string of the molecule is CCNC(=O)c1nnc(-c2cc(C(C)C)c(O)cc2O)n1-c1ccc(N(C)C2CCN(C(=O)CSSCC(=O)OC[C@@H](NC(=O)C3=CC(c4cc(NC(C)C)ncc4Cl)=CC3)c3cccc(Cl)c3)CC2)nc1. The molecule has 2 aromatic carbocycles. The van der Waals surface area contributed by atoms with Gasteiger partial charge in [0.25, 0.3) is 5.91 Å². The van der Waals surface area contributed by atoms with E-state index in [9.17, 15) is 29.4 Å². The van der Waals surface area contributed by atoms with Crippen molar-refractivity contribution < 1.29 is 34.1 Å². The summed E-state index contributed by atoms with van der Waals surface area (Å²) in [6.45, 7) is 11.0. The molecule has 3 aromatic heterocycles. The number of phenolic OH excluding ortho intramolecular Hbond substituents is 2. The highest BCUT2D eigenvalue weighted by Crippen LogP contribution is 2.39. The lowest BCUT2D eigenvalue weighted by atomic mass is 9.98. The Bertz CT molecular complexity index is 2850. The number of amides is 3. The second-order valence-electron chi connectivity index (χ2n) is 17.9. The highest BCUT2D eigenvalue weighted by Gasteiger charge is 2.29. The minimum atomic E-state index is -0.679. The molecule has 7 rings (SSSR count). The highest BCUT2D eigenvalue weighted by molar-refractivity contribution is 8.77. The third-order valence-electron chi connectivity index (χ3n) is 12.1. The minimum absolute atomic E-state index is 0.00410. The van der Waals surface area contributed by atoms with Crippen LogP contribution in [0.15, 0.2) is 84.7 Å². The first-order valence-electron chi connectivity index (χ1n) is 23.6. The molecule has 1 atom stereocenters. The maximum atomic E-state index is 13.6. The van der Waals surface area contributed by atoms with Crippen molar-refractivity contribution in [3.63, 3.8) is 0 Å². The van der Waals surface area contributed by atoms with Gasteiger partial charge in [-0.3, -0.25) is 23.7 Å². The van der Waals surface area contributed by atoms with E-state index >= 15 is 0 Å². The number of allylic oxidation sites excluding steroid dienone is 3. The Morgan fingerprint density at radius 1 is 0.903 bits per heavy atom. The summed E-state index contributed by atoms with van der Waals surface area (Å²) in [6.07, 6.45) is 8.74. The van der Waals surface area contributed by atoms with E-state index in [-0.39, 0.29) is 71.1 Å². The van der Waals surface area contributed by atoms with Gasteiger partial charge in [-0.15, -0.1) is 10.2 Å². The number of nitrogens with one attached hydrogen (secondary N) is 3. The molecular weight excluding hydrogens is 1000 g/mol. The largest absolute Gasteiger partial charge is 0.508 e. The van der Waals surface area contributed by atoms with Gasteiger partial charge in [0.1, 0.15) is 35.5 Å². The predicted octanol–water partition coefficient (Wildman–Crippen LogP) is 8.76. The lowest BCUT2D eigenvalue weighted by Crippen LogP contribution is -2.46. The number of hydrogen-bond donors (Lipinski definition) is 5. The molecule has 5 N–H and O–H groups in total. The molecule has 380 valence electrons. The second-order valence-corrected chi connectivity index (χ2v) is 21.2. The van der Waals surface area contributed by atoms with Crippen molar-refractivity contribution in [1.82, 2.24) is 40.3 Å². The number of pyridine rings is 2. The molecule has 72 heavy (non-hydrogen) atoms. The number of phenols is 2. The number of halogens is 2. The summed E-state index contributed by atoms with van der Waals surface area (Å²) in [5.74, 6) is 0.152. The maximum Gasteiger partial charge on any atom is 0.316 e. The Morgan fingerprint density at radius 2 is 1.67 bits per heavy atom. The second kappa shape index (κ2) is 24.4. The number of piperidine rings is 1. The number of hydrogen-bond acceptors (Lipinski definition) is 15. The van der Waals surface area contributed by atoms with Crippen molar-refractivity contribution in [2.75, 3.05) is 55.0 Å². The van der Waals surface area contributed by atoms with Crippen LogP contribution in [0.3, 0.4) is 0 Å². The quantitative estimate of drug-likeness (QED) is 0.0280. The number of esters is 1. The topological polar surface area (TPSA) is 217 Å². The zero-order valence-electron chi connectivity index (χ0n) is 40.8. The Balaban J connectivity index is 0.884. The van der Waals surface area contributed by atoms with Crippen LogP contribution in [-0.2, 0) is 19.1 Å². The first-order valence-corrected chi connectivity index (χ1v) is 26.8. The fourth-order valence-electron chi connectivity index (χ4n) is 8.33. The number of likely N-dealkylation sites (tertiary alicyclic amines) is 1. The third-order valence-corrected chi connectivity index (χ3v) is 14.7. The van der Waals surface area contributed by atoms with Crippen LogP contribution in [0, 0.1) is 0 Å². The lowest BCUT2D eigenvalue weighted by Gasteiger charge is -2.37. The molecule has 21 heteroatoms. The number of anilines is 2. The molecule has 1 aliphatic heterocycles. The summed E-state index contributed by atoms with van der Waals surface area (Å²) in [7, 11) is 4.47. The van der Waals surface area contributed by atoms with Crippen LogP contribution >= 0.6 is 44.8 Å². The van der Waals surface area contributed by atoms with Gasteiger partial charge in [-0.25, -0.2) is 9.97 Å². The van der Waals surface area contributed by atoms with Gasteiger partial charge in [0.2, 0.25) is 17.6 Å². The van der Waals surface area contributed by atoms with Gasteiger partial charge in [0, 0.05) is 67.2 Å². The first-order chi connectivity index (χ1) is 34.5. The van der Waals surface area contributed by atoms with Gasteiger partial charge < -0.3 is 40.7 Å². The monoisotopic (exact) mass is 1060 g/mol. The van der Waals surface area contributed by atoms with Crippen LogP contribution in [0.2, 0.25) is 10.0 Å². The molecular formula is C51H58Cl2N10O7S2. The summed E-state index contributed by atoms with van der Waals surface area (Å²) in [6, 6.07) is 15.0. The van der Waals surface area contributed by atoms with Gasteiger partial charge in [0.05, 0.1) is 34.3 Å². The van der Waals surface area contributed by atoms with E-state index in [2.05, 4.69) is 36.0 Å². The molecule has 0 radical (unpaired) electrons. The maximum absolute atomic E-state index is 13.6. The zero-order chi connectivity index (χ0) is 51.6. The summed E-state index contributed by atoms with van der Waals surface area (Å²) in [5, 5.41) is 39.8. The molecule has 1 aliphatic carbocycles. The number of aromatic hydroxyl groups is 2. The van der Waals surface area contributed by atoms with E-state index in [4.69, 9.17) is 32.9 Å². The van der Waals surface area contributed by atoms with Crippen LogP contribution in [0.1, 0.15) is 93.2 Å². The van der Waals surface area contributed by atoms with Crippen molar-refractivity contribution >= 4 is 85.7 Å². The number of aromatic nitrogens is 5. The van der Waals surface area contributed by atoms with Crippen LogP contribution in [-0.4, -0.2) is 120 Å². The summed E-state index contributed by atoms with van der Waals surface area (Å²) >= 11 is 12.8. The van der Waals surface area contributed by atoms with Gasteiger partial charge >= 0.3 is 5.97 Å². The average Bonchev–Trinajstić information content (AvgIpc) is 4.03. The fourth-order valence-corrected chi connectivity index (χ4v) is 10.5. The number of carbonyl (C=O) groups is 4. The van der Waals surface area contributed by atoms with Crippen LogP contribution in [0.4, 0.5) is 11.6 Å². The molecule has 4 heterocycles. The molecule has 0 saturated carbocycles. The highest BCUT2D eigenvalue weighted by atomic mass is 35.5.